The number of methoxy groups -OCH3 is 1. The van der Waals surface area contributed by atoms with Crippen LogP contribution in [-0.2, 0) is 16.0 Å². The third kappa shape index (κ3) is 2.97. The lowest BCUT2D eigenvalue weighted by Crippen LogP contribution is -2.38. The van der Waals surface area contributed by atoms with Gasteiger partial charge in [0.05, 0.1) is 7.11 Å². The molecule has 0 bridgehead atoms. The van der Waals surface area contributed by atoms with Gasteiger partial charge in [0.2, 0.25) is 0 Å². The Bertz CT molecular complexity index is 399. The maximum atomic E-state index is 11.3. The van der Waals surface area contributed by atoms with Gasteiger partial charge in [0, 0.05) is 11.4 Å². The number of hydrogen-bond acceptors (Lipinski definition) is 3. The first kappa shape index (κ1) is 13.0. The Morgan fingerprint density at radius 2 is 2.19 bits per heavy atom. The molecule has 0 saturated heterocycles. The lowest BCUT2D eigenvalue weighted by Gasteiger charge is -2.20. The monoisotopic (exact) mass is 242 g/mol. The zero-order valence-corrected chi connectivity index (χ0v) is 10.3. The van der Waals surface area contributed by atoms with E-state index >= 15 is 0 Å². The van der Waals surface area contributed by atoms with Gasteiger partial charge in [-0.3, -0.25) is 0 Å². The molecule has 88 valence electrons. The SMILES string of the molecule is COC(=O)C(C)(O)Cc1ccc(C)c(Cl)c1. The second-order valence-electron chi connectivity index (χ2n) is 4.03. The van der Waals surface area contributed by atoms with E-state index in [1.165, 1.54) is 14.0 Å². The molecular formula is C12H15ClO3. The Morgan fingerprint density at radius 3 is 2.69 bits per heavy atom. The predicted molar refractivity (Wildman–Crippen MR) is 62.5 cm³/mol. The van der Waals surface area contributed by atoms with Crippen molar-refractivity contribution in [2.24, 2.45) is 0 Å². The highest BCUT2D eigenvalue weighted by Crippen LogP contribution is 2.21. The summed E-state index contributed by atoms with van der Waals surface area (Å²) in [5.74, 6) is -0.649. The van der Waals surface area contributed by atoms with Crippen molar-refractivity contribution in [3.05, 3.63) is 34.3 Å². The van der Waals surface area contributed by atoms with Gasteiger partial charge < -0.3 is 9.84 Å². The minimum Gasteiger partial charge on any atom is -0.467 e. The molecule has 0 spiro atoms. The molecule has 0 radical (unpaired) electrons. The molecule has 0 amide bonds. The molecule has 1 N–H and O–H groups in total. The van der Waals surface area contributed by atoms with Gasteiger partial charge in [0.1, 0.15) is 0 Å². The standard InChI is InChI=1S/C12H15ClO3/c1-8-4-5-9(6-10(8)13)7-12(2,15)11(14)16-3/h4-6,15H,7H2,1-3H3. The molecule has 1 aromatic carbocycles. The maximum absolute atomic E-state index is 11.3. The van der Waals surface area contributed by atoms with Crippen molar-refractivity contribution in [1.29, 1.82) is 0 Å². The first-order valence-electron chi connectivity index (χ1n) is 4.92. The molecule has 0 aliphatic carbocycles. The molecular weight excluding hydrogens is 228 g/mol. The van der Waals surface area contributed by atoms with Gasteiger partial charge >= 0.3 is 5.97 Å². The lowest BCUT2D eigenvalue weighted by atomic mass is 9.96. The highest BCUT2D eigenvalue weighted by Gasteiger charge is 2.31. The third-order valence-electron chi connectivity index (χ3n) is 2.41. The van der Waals surface area contributed by atoms with E-state index in [2.05, 4.69) is 4.74 Å². The van der Waals surface area contributed by atoms with Gasteiger partial charge in [-0.1, -0.05) is 23.7 Å². The molecule has 1 aromatic rings. The highest BCUT2D eigenvalue weighted by molar-refractivity contribution is 6.31. The summed E-state index contributed by atoms with van der Waals surface area (Å²) in [6.07, 6.45) is 0.180. The second-order valence-corrected chi connectivity index (χ2v) is 4.43. The fraction of sp³-hybridized carbons (Fsp3) is 0.417. The molecule has 0 aliphatic rings. The van der Waals surface area contributed by atoms with Crippen LogP contribution in [0.2, 0.25) is 5.02 Å². The molecule has 16 heavy (non-hydrogen) atoms. The minimum atomic E-state index is -1.52. The zero-order chi connectivity index (χ0) is 12.3. The summed E-state index contributed by atoms with van der Waals surface area (Å²) in [7, 11) is 1.25. The van der Waals surface area contributed by atoms with Gasteiger partial charge in [0.15, 0.2) is 5.60 Å². The average molecular weight is 243 g/mol. The number of carbonyl (C=O) groups is 1. The summed E-state index contributed by atoms with van der Waals surface area (Å²) in [6.45, 7) is 3.32. The normalized spacial score (nSPS) is 14.3. The molecule has 0 saturated carbocycles. The molecule has 3 nitrogen and oxygen atoms in total. The summed E-state index contributed by atoms with van der Waals surface area (Å²) >= 11 is 5.96. The van der Waals surface area contributed by atoms with Gasteiger partial charge in [0.25, 0.3) is 0 Å². The fourth-order valence-electron chi connectivity index (χ4n) is 1.44. The van der Waals surface area contributed by atoms with E-state index in [0.29, 0.717) is 5.02 Å². The number of hydrogen-bond donors (Lipinski definition) is 1. The van der Waals surface area contributed by atoms with Crippen LogP contribution in [0.3, 0.4) is 0 Å². The Hall–Kier alpha value is -1.06. The van der Waals surface area contributed by atoms with E-state index in [1.807, 2.05) is 19.1 Å². The number of benzene rings is 1. The van der Waals surface area contributed by atoms with Gasteiger partial charge in [-0.25, -0.2) is 4.79 Å². The van der Waals surface area contributed by atoms with E-state index in [1.54, 1.807) is 6.07 Å². The summed E-state index contributed by atoms with van der Waals surface area (Å²) in [5, 5.41) is 10.5. The number of halogens is 1. The quantitative estimate of drug-likeness (QED) is 0.826. The van der Waals surface area contributed by atoms with Crippen LogP contribution < -0.4 is 0 Å². The molecule has 1 rings (SSSR count). The Balaban J connectivity index is 2.88. The van der Waals surface area contributed by atoms with E-state index in [-0.39, 0.29) is 6.42 Å². The van der Waals surface area contributed by atoms with Crippen LogP contribution in [0.5, 0.6) is 0 Å². The van der Waals surface area contributed by atoms with E-state index in [4.69, 9.17) is 11.6 Å². The van der Waals surface area contributed by atoms with Crippen LogP contribution >= 0.6 is 11.6 Å². The number of aliphatic hydroxyl groups is 1. The summed E-state index contributed by atoms with van der Waals surface area (Å²) in [5.41, 5.74) is 0.238. The number of esters is 1. The first-order chi connectivity index (χ1) is 7.36. The Morgan fingerprint density at radius 1 is 1.56 bits per heavy atom. The number of ether oxygens (including phenoxy) is 1. The number of aryl methyl sites for hydroxylation is 1. The predicted octanol–water partition coefficient (Wildman–Crippen LogP) is 2.11. The highest BCUT2D eigenvalue weighted by atomic mass is 35.5. The van der Waals surface area contributed by atoms with Crippen molar-refractivity contribution in [2.75, 3.05) is 7.11 Å². The number of carbonyl (C=O) groups excluding carboxylic acids is 1. The van der Waals surface area contributed by atoms with Gasteiger partial charge in [-0.15, -0.1) is 0 Å². The van der Waals surface area contributed by atoms with Gasteiger partial charge in [-0.05, 0) is 31.0 Å². The van der Waals surface area contributed by atoms with Crippen LogP contribution in [0.1, 0.15) is 18.1 Å². The fourth-order valence-corrected chi connectivity index (χ4v) is 1.64. The van der Waals surface area contributed by atoms with Crippen molar-refractivity contribution >= 4 is 17.6 Å². The topological polar surface area (TPSA) is 46.5 Å². The first-order valence-corrected chi connectivity index (χ1v) is 5.30. The molecule has 0 fully saturated rings. The summed E-state index contributed by atoms with van der Waals surface area (Å²) < 4.78 is 4.52. The zero-order valence-electron chi connectivity index (χ0n) is 9.58. The molecule has 1 unspecified atom stereocenters. The molecule has 0 aliphatic heterocycles. The average Bonchev–Trinajstić information content (AvgIpc) is 2.22. The lowest BCUT2D eigenvalue weighted by molar-refractivity contribution is -0.160. The van der Waals surface area contributed by atoms with Gasteiger partial charge in [-0.2, -0.15) is 0 Å². The molecule has 1 atom stereocenters. The Labute approximate surface area is 100.0 Å². The van der Waals surface area contributed by atoms with Crippen molar-refractivity contribution in [2.45, 2.75) is 25.9 Å². The number of rotatable bonds is 3. The molecule has 0 aromatic heterocycles. The largest absolute Gasteiger partial charge is 0.467 e. The summed E-state index contributed by atoms with van der Waals surface area (Å²) in [4.78, 5) is 11.3. The van der Waals surface area contributed by atoms with Crippen LogP contribution in [0.25, 0.3) is 0 Å². The molecule has 0 heterocycles. The second kappa shape index (κ2) is 4.85. The van der Waals surface area contributed by atoms with E-state index in [0.717, 1.165) is 11.1 Å². The van der Waals surface area contributed by atoms with Crippen molar-refractivity contribution < 1.29 is 14.6 Å². The van der Waals surface area contributed by atoms with Crippen LogP contribution in [0, 0.1) is 6.92 Å². The minimum absolute atomic E-state index is 0.180. The van der Waals surface area contributed by atoms with Crippen LogP contribution in [0.15, 0.2) is 18.2 Å². The van der Waals surface area contributed by atoms with Crippen LogP contribution in [-0.4, -0.2) is 23.8 Å². The maximum Gasteiger partial charge on any atom is 0.337 e. The van der Waals surface area contributed by atoms with Crippen molar-refractivity contribution in [1.82, 2.24) is 0 Å². The van der Waals surface area contributed by atoms with E-state index in [9.17, 15) is 9.90 Å². The molecule has 4 heteroatoms. The Kier molecular flexibility index (Phi) is 3.94. The summed E-state index contributed by atoms with van der Waals surface area (Å²) in [6, 6.07) is 5.43. The smallest absolute Gasteiger partial charge is 0.337 e. The van der Waals surface area contributed by atoms with Crippen molar-refractivity contribution in [3.8, 4) is 0 Å². The van der Waals surface area contributed by atoms with Crippen LogP contribution in [0.4, 0.5) is 0 Å². The third-order valence-corrected chi connectivity index (χ3v) is 2.82. The van der Waals surface area contributed by atoms with Crippen molar-refractivity contribution in [3.63, 3.8) is 0 Å². The van der Waals surface area contributed by atoms with E-state index < -0.39 is 11.6 Å².